The van der Waals surface area contributed by atoms with Crippen LogP contribution in [0, 0.1) is 6.92 Å². The zero-order chi connectivity index (χ0) is 21.6. The van der Waals surface area contributed by atoms with Crippen LogP contribution in [0.1, 0.15) is 31.2 Å². The molecule has 0 heterocycles. The maximum atomic E-state index is 13.4. The fourth-order valence-electron chi connectivity index (χ4n) is 3.48. The number of hydrogen-bond acceptors (Lipinski definition) is 4. The lowest BCUT2D eigenvalue weighted by Gasteiger charge is -2.26. The molecule has 1 N–H and O–H groups in total. The number of carbonyl (C=O) groups is 1. The highest BCUT2D eigenvalue weighted by atomic mass is 32.2. The van der Waals surface area contributed by atoms with Crippen LogP contribution in [0.4, 0.5) is 5.69 Å². The van der Waals surface area contributed by atoms with E-state index in [4.69, 9.17) is 4.74 Å². The van der Waals surface area contributed by atoms with Gasteiger partial charge < -0.3 is 10.1 Å². The van der Waals surface area contributed by atoms with Crippen LogP contribution in [-0.2, 0) is 14.8 Å². The molecule has 1 aliphatic rings. The molecule has 0 aliphatic heterocycles. The third kappa shape index (κ3) is 5.21. The molecule has 160 valence electrons. The van der Waals surface area contributed by atoms with E-state index in [1.165, 1.54) is 31.2 Å². The molecular formula is C23H28N2O4S. The number of sulfonamides is 1. The van der Waals surface area contributed by atoms with Gasteiger partial charge in [-0.1, -0.05) is 35.9 Å². The summed E-state index contributed by atoms with van der Waals surface area (Å²) in [7, 11) is -2.48. The molecule has 2 aromatic carbocycles. The van der Waals surface area contributed by atoms with Gasteiger partial charge in [-0.15, -0.1) is 0 Å². The molecule has 3 rings (SSSR count). The number of ether oxygens (including phenoxy) is 1. The number of rotatable bonds is 8. The number of nitrogens with one attached hydrogen (secondary N) is 1. The molecule has 0 atom stereocenters. The zero-order valence-corrected chi connectivity index (χ0v) is 18.2. The van der Waals surface area contributed by atoms with Crippen molar-refractivity contribution in [3.8, 4) is 5.75 Å². The molecule has 0 unspecified atom stereocenters. The summed E-state index contributed by atoms with van der Waals surface area (Å²) in [6.45, 7) is 1.99. The van der Waals surface area contributed by atoms with Crippen molar-refractivity contribution in [1.29, 1.82) is 0 Å². The van der Waals surface area contributed by atoms with Crippen LogP contribution in [0.15, 0.2) is 65.1 Å². The van der Waals surface area contributed by atoms with Gasteiger partial charge in [0.2, 0.25) is 5.91 Å². The maximum Gasteiger partial charge on any atom is 0.264 e. The number of benzene rings is 2. The van der Waals surface area contributed by atoms with E-state index in [0.29, 0.717) is 18.0 Å². The minimum atomic E-state index is -3.96. The summed E-state index contributed by atoms with van der Waals surface area (Å²) < 4.78 is 33.4. The zero-order valence-electron chi connectivity index (χ0n) is 17.4. The van der Waals surface area contributed by atoms with Gasteiger partial charge in [-0.3, -0.25) is 9.10 Å². The Balaban J connectivity index is 1.91. The molecule has 2 aromatic rings. The molecule has 0 aromatic heterocycles. The second-order valence-electron chi connectivity index (χ2n) is 7.38. The third-order valence-electron chi connectivity index (χ3n) is 5.12. The van der Waals surface area contributed by atoms with E-state index in [2.05, 4.69) is 11.4 Å². The minimum absolute atomic E-state index is 0.122. The van der Waals surface area contributed by atoms with E-state index in [-0.39, 0.29) is 17.3 Å². The van der Waals surface area contributed by atoms with Gasteiger partial charge in [0.25, 0.3) is 10.0 Å². The molecule has 30 heavy (non-hydrogen) atoms. The maximum absolute atomic E-state index is 13.4. The normalized spacial score (nSPS) is 14.0. The van der Waals surface area contributed by atoms with E-state index < -0.39 is 10.0 Å². The van der Waals surface area contributed by atoms with Crippen LogP contribution in [0.3, 0.4) is 0 Å². The lowest BCUT2D eigenvalue weighted by Crippen LogP contribution is -2.41. The molecular weight excluding hydrogens is 400 g/mol. The number of aryl methyl sites for hydroxylation is 1. The smallest absolute Gasteiger partial charge is 0.264 e. The summed E-state index contributed by atoms with van der Waals surface area (Å²) in [6.07, 6.45) is 6.45. The number of anilines is 1. The Labute approximate surface area is 178 Å². The van der Waals surface area contributed by atoms with Gasteiger partial charge >= 0.3 is 0 Å². The lowest BCUT2D eigenvalue weighted by atomic mass is 10.00. The van der Waals surface area contributed by atoms with Crippen molar-refractivity contribution in [1.82, 2.24) is 5.32 Å². The Morgan fingerprint density at radius 1 is 1.13 bits per heavy atom. The van der Waals surface area contributed by atoms with E-state index in [9.17, 15) is 13.2 Å². The highest BCUT2D eigenvalue weighted by Crippen LogP contribution is 2.33. The fourth-order valence-corrected chi connectivity index (χ4v) is 4.92. The number of amides is 1. The quantitative estimate of drug-likeness (QED) is 0.649. The van der Waals surface area contributed by atoms with Crippen molar-refractivity contribution in [3.63, 3.8) is 0 Å². The topological polar surface area (TPSA) is 75.7 Å². The van der Waals surface area contributed by atoms with Gasteiger partial charge in [-0.2, -0.15) is 0 Å². The van der Waals surface area contributed by atoms with Crippen LogP contribution >= 0.6 is 0 Å². The first kappa shape index (κ1) is 21.9. The first-order valence-electron chi connectivity index (χ1n) is 10.1. The largest absolute Gasteiger partial charge is 0.495 e. The molecule has 0 fully saturated rings. The van der Waals surface area contributed by atoms with E-state index in [0.717, 1.165) is 29.1 Å². The first-order valence-corrected chi connectivity index (χ1v) is 11.5. The Morgan fingerprint density at radius 2 is 1.90 bits per heavy atom. The standard InChI is InChI=1S/C23H28N2O4S/c1-18-13-14-22(29-2)21(15-18)25(30(27,28)20-11-7-4-8-12-20)17-23(26)24-16-19-9-5-3-6-10-19/h4,7-9,11-15H,3,5-6,10,16-17H2,1-2H3,(H,24,26). The lowest BCUT2D eigenvalue weighted by molar-refractivity contribution is -0.119. The third-order valence-corrected chi connectivity index (χ3v) is 6.89. The number of carbonyl (C=O) groups excluding carboxylic acids is 1. The van der Waals surface area contributed by atoms with Crippen molar-refractivity contribution < 1.29 is 17.9 Å². The Morgan fingerprint density at radius 3 is 2.57 bits per heavy atom. The second kappa shape index (κ2) is 9.80. The Hall–Kier alpha value is -2.80. The number of methoxy groups -OCH3 is 1. The molecule has 0 bridgehead atoms. The minimum Gasteiger partial charge on any atom is -0.495 e. The van der Waals surface area contributed by atoms with Crippen molar-refractivity contribution in [3.05, 3.63) is 65.7 Å². The summed E-state index contributed by atoms with van der Waals surface area (Å²) in [5.74, 6) is 0.0347. The molecule has 1 aliphatic carbocycles. The molecule has 0 saturated carbocycles. The number of nitrogens with zero attached hydrogens (tertiary/aromatic N) is 1. The summed E-state index contributed by atoms with van der Waals surface area (Å²) in [6, 6.07) is 13.4. The van der Waals surface area contributed by atoms with Gasteiger partial charge in [0.15, 0.2) is 0 Å². The summed E-state index contributed by atoms with van der Waals surface area (Å²) in [5.41, 5.74) is 2.40. The molecule has 0 saturated heterocycles. The van der Waals surface area contributed by atoms with Gasteiger partial charge in [0.1, 0.15) is 12.3 Å². The SMILES string of the molecule is COc1ccc(C)cc1N(CC(=O)NCC1=CCCCC1)S(=O)(=O)c1ccccc1. The highest BCUT2D eigenvalue weighted by Gasteiger charge is 2.29. The predicted octanol–water partition coefficient (Wildman–Crippen LogP) is 3.82. The van der Waals surface area contributed by atoms with Gasteiger partial charge in [0.05, 0.1) is 17.7 Å². The summed E-state index contributed by atoms with van der Waals surface area (Å²) >= 11 is 0. The van der Waals surface area contributed by atoms with Crippen LogP contribution in [0.2, 0.25) is 0 Å². The van der Waals surface area contributed by atoms with Crippen LogP contribution < -0.4 is 14.4 Å². The van der Waals surface area contributed by atoms with Crippen LogP contribution in [-0.4, -0.2) is 34.5 Å². The summed E-state index contributed by atoms with van der Waals surface area (Å²) in [5, 5.41) is 2.87. The van der Waals surface area contributed by atoms with Crippen molar-refractivity contribution in [2.75, 3.05) is 24.5 Å². The van der Waals surface area contributed by atoms with Crippen molar-refractivity contribution in [2.45, 2.75) is 37.5 Å². The molecule has 6 nitrogen and oxygen atoms in total. The molecule has 0 spiro atoms. The summed E-state index contributed by atoms with van der Waals surface area (Å²) in [4.78, 5) is 12.9. The molecule has 0 radical (unpaired) electrons. The number of allylic oxidation sites excluding steroid dienone is 1. The van der Waals surface area contributed by atoms with Gasteiger partial charge in [-0.05, 0) is 62.4 Å². The van der Waals surface area contributed by atoms with E-state index >= 15 is 0 Å². The molecule has 1 amide bonds. The second-order valence-corrected chi connectivity index (χ2v) is 9.25. The van der Waals surface area contributed by atoms with Crippen LogP contribution in [0.5, 0.6) is 5.75 Å². The van der Waals surface area contributed by atoms with E-state index in [1.807, 2.05) is 13.0 Å². The van der Waals surface area contributed by atoms with Crippen LogP contribution in [0.25, 0.3) is 0 Å². The average Bonchev–Trinajstić information content (AvgIpc) is 2.77. The number of hydrogen-bond donors (Lipinski definition) is 1. The highest BCUT2D eigenvalue weighted by molar-refractivity contribution is 7.92. The predicted molar refractivity (Wildman–Crippen MR) is 118 cm³/mol. The fraction of sp³-hybridized carbons (Fsp3) is 0.348. The monoisotopic (exact) mass is 428 g/mol. The Kier molecular flexibility index (Phi) is 7.15. The van der Waals surface area contributed by atoms with Gasteiger partial charge in [-0.25, -0.2) is 8.42 Å². The van der Waals surface area contributed by atoms with Crippen molar-refractivity contribution in [2.24, 2.45) is 0 Å². The average molecular weight is 429 g/mol. The van der Waals surface area contributed by atoms with Crippen molar-refractivity contribution >= 4 is 21.6 Å². The first-order chi connectivity index (χ1) is 14.4. The Bertz CT molecular complexity index is 1020. The molecule has 7 heteroatoms. The van der Waals surface area contributed by atoms with Gasteiger partial charge in [0, 0.05) is 6.54 Å². The van der Waals surface area contributed by atoms with E-state index in [1.54, 1.807) is 30.3 Å².